The summed E-state index contributed by atoms with van der Waals surface area (Å²) >= 11 is 1.64. The predicted molar refractivity (Wildman–Crippen MR) is 67.3 cm³/mol. The summed E-state index contributed by atoms with van der Waals surface area (Å²) in [5, 5.41) is 8.57. The molecule has 0 fully saturated rings. The monoisotopic (exact) mass is 243 g/mol. The first kappa shape index (κ1) is 10.2. The van der Waals surface area contributed by atoms with E-state index in [1.165, 1.54) is 4.88 Å². The van der Waals surface area contributed by atoms with E-state index in [1.54, 1.807) is 11.3 Å². The van der Waals surface area contributed by atoms with E-state index in [-0.39, 0.29) is 0 Å². The van der Waals surface area contributed by atoms with Crippen LogP contribution in [0.25, 0.3) is 21.5 Å². The molecule has 3 rings (SSSR count). The summed E-state index contributed by atoms with van der Waals surface area (Å²) in [7, 11) is 0. The Balaban J connectivity index is 2.21. The largest absolute Gasteiger partial charge is 0.296 e. The lowest BCUT2D eigenvalue weighted by molar-refractivity contribution is 0.112. The quantitative estimate of drug-likeness (QED) is 0.704. The van der Waals surface area contributed by atoms with Crippen LogP contribution in [0.15, 0.2) is 24.4 Å². The van der Waals surface area contributed by atoms with Crippen molar-refractivity contribution in [3.63, 3.8) is 0 Å². The minimum Gasteiger partial charge on any atom is -0.296 e. The lowest BCUT2D eigenvalue weighted by atomic mass is 10.1. The summed E-state index contributed by atoms with van der Waals surface area (Å²) < 4.78 is 0. The van der Waals surface area contributed by atoms with Gasteiger partial charge in [0.1, 0.15) is 10.7 Å². The highest BCUT2D eigenvalue weighted by Crippen LogP contribution is 2.27. The summed E-state index contributed by atoms with van der Waals surface area (Å²) in [6.45, 7) is 2.02. The van der Waals surface area contributed by atoms with Crippen LogP contribution < -0.4 is 0 Å². The highest BCUT2D eigenvalue weighted by Gasteiger charge is 2.08. The highest BCUT2D eigenvalue weighted by molar-refractivity contribution is 7.14. The maximum atomic E-state index is 10.8. The van der Waals surface area contributed by atoms with Gasteiger partial charge in [-0.1, -0.05) is 0 Å². The molecule has 0 bridgehead atoms. The van der Waals surface area contributed by atoms with Crippen LogP contribution in [0.1, 0.15) is 15.4 Å². The Morgan fingerprint density at radius 2 is 2.29 bits per heavy atom. The molecular weight excluding hydrogens is 234 g/mol. The van der Waals surface area contributed by atoms with Gasteiger partial charge in [-0.15, -0.1) is 11.3 Å². The first-order valence-electron chi connectivity index (χ1n) is 5.14. The van der Waals surface area contributed by atoms with Gasteiger partial charge in [0.05, 0.1) is 5.52 Å². The van der Waals surface area contributed by atoms with Crippen molar-refractivity contribution in [3.05, 3.63) is 35.0 Å². The number of hydrogen-bond donors (Lipinski definition) is 1. The molecule has 1 N–H and O–H groups in total. The average Bonchev–Trinajstić information content (AvgIpc) is 2.94. The molecule has 5 heteroatoms. The second kappa shape index (κ2) is 3.78. The first-order chi connectivity index (χ1) is 8.28. The third-order valence-corrected chi connectivity index (χ3v) is 3.53. The van der Waals surface area contributed by atoms with Gasteiger partial charge in [0.2, 0.25) is 0 Å². The second-order valence-corrected chi connectivity index (χ2v) is 5.00. The van der Waals surface area contributed by atoms with Crippen molar-refractivity contribution in [2.24, 2.45) is 0 Å². The topological polar surface area (TPSA) is 58.6 Å². The maximum absolute atomic E-state index is 10.8. The normalized spacial score (nSPS) is 10.9. The number of thiazole rings is 1. The lowest BCUT2D eigenvalue weighted by Gasteiger charge is -1.96. The molecule has 3 aromatic rings. The fourth-order valence-electron chi connectivity index (χ4n) is 1.75. The van der Waals surface area contributed by atoms with E-state index in [4.69, 9.17) is 0 Å². The van der Waals surface area contributed by atoms with Crippen LogP contribution in [0.2, 0.25) is 0 Å². The summed E-state index contributed by atoms with van der Waals surface area (Å²) in [5.41, 5.74) is 2.32. The maximum Gasteiger partial charge on any atom is 0.170 e. The van der Waals surface area contributed by atoms with E-state index < -0.39 is 0 Å². The van der Waals surface area contributed by atoms with Gasteiger partial charge in [-0.3, -0.25) is 9.89 Å². The van der Waals surface area contributed by atoms with Crippen molar-refractivity contribution in [1.82, 2.24) is 15.2 Å². The third-order valence-electron chi connectivity index (χ3n) is 2.57. The molecule has 0 atom stereocenters. The number of H-pyrrole nitrogens is 1. The van der Waals surface area contributed by atoms with Crippen LogP contribution in [-0.2, 0) is 0 Å². The van der Waals surface area contributed by atoms with Gasteiger partial charge in [0.25, 0.3) is 0 Å². The molecule has 0 radical (unpaired) electrons. The number of aryl methyl sites for hydroxylation is 1. The highest BCUT2D eigenvalue weighted by atomic mass is 32.1. The third kappa shape index (κ3) is 1.64. The molecule has 17 heavy (non-hydrogen) atoms. The molecular formula is C12H9N3OS. The molecule has 0 saturated heterocycles. The number of fused-ring (bicyclic) bond motifs is 1. The van der Waals surface area contributed by atoms with E-state index in [1.807, 2.05) is 31.3 Å². The van der Waals surface area contributed by atoms with Crippen molar-refractivity contribution in [2.45, 2.75) is 6.92 Å². The number of benzene rings is 1. The van der Waals surface area contributed by atoms with Gasteiger partial charge in [-0.25, -0.2) is 4.98 Å². The Morgan fingerprint density at radius 1 is 1.41 bits per heavy atom. The van der Waals surface area contributed by atoms with E-state index >= 15 is 0 Å². The first-order valence-corrected chi connectivity index (χ1v) is 5.95. The number of rotatable bonds is 2. The molecule has 0 aliphatic rings. The molecule has 0 saturated carbocycles. The summed E-state index contributed by atoms with van der Waals surface area (Å²) in [4.78, 5) is 16.3. The molecule has 0 spiro atoms. The summed E-state index contributed by atoms with van der Waals surface area (Å²) in [6.07, 6.45) is 2.61. The Hall–Kier alpha value is -2.01. The molecule has 1 aromatic carbocycles. The Bertz CT molecular complexity index is 699. The van der Waals surface area contributed by atoms with Crippen LogP contribution in [0.4, 0.5) is 0 Å². The Morgan fingerprint density at radius 3 is 3.00 bits per heavy atom. The van der Waals surface area contributed by atoms with E-state index in [9.17, 15) is 4.79 Å². The van der Waals surface area contributed by atoms with Crippen molar-refractivity contribution in [1.29, 1.82) is 0 Å². The fraction of sp³-hybridized carbons (Fsp3) is 0.0833. The van der Waals surface area contributed by atoms with Crippen LogP contribution in [-0.4, -0.2) is 21.5 Å². The van der Waals surface area contributed by atoms with Gasteiger partial charge < -0.3 is 0 Å². The molecule has 4 nitrogen and oxygen atoms in total. The number of nitrogens with zero attached hydrogens (tertiary/aromatic N) is 2. The average molecular weight is 243 g/mol. The van der Waals surface area contributed by atoms with Crippen LogP contribution in [0.5, 0.6) is 0 Å². The molecule has 0 amide bonds. The van der Waals surface area contributed by atoms with E-state index in [0.29, 0.717) is 5.69 Å². The Labute approximate surface area is 101 Å². The SMILES string of the molecule is Cc1cnc(-c2ccc3[nH]nc(C=O)c3c2)s1. The number of hydrogen-bond acceptors (Lipinski definition) is 4. The van der Waals surface area contributed by atoms with Gasteiger partial charge in [0.15, 0.2) is 6.29 Å². The van der Waals surface area contributed by atoms with E-state index in [0.717, 1.165) is 27.8 Å². The molecule has 0 aliphatic heterocycles. The van der Waals surface area contributed by atoms with Crippen LogP contribution >= 0.6 is 11.3 Å². The zero-order valence-corrected chi connectivity index (χ0v) is 9.91. The zero-order valence-electron chi connectivity index (χ0n) is 9.10. The molecule has 0 unspecified atom stereocenters. The molecule has 0 aliphatic carbocycles. The Kier molecular flexibility index (Phi) is 2.26. The van der Waals surface area contributed by atoms with Gasteiger partial charge in [0, 0.05) is 22.0 Å². The number of nitrogens with one attached hydrogen (secondary N) is 1. The van der Waals surface area contributed by atoms with Gasteiger partial charge in [-0.05, 0) is 25.1 Å². The number of carbonyl (C=O) groups excluding carboxylic acids is 1. The van der Waals surface area contributed by atoms with Crippen molar-refractivity contribution >= 4 is 28.5 Å². The number of aromatic amines is 1. The minimum atomic E-state index is 0.440. The van der Waals surface area contributed by atoms with Crippen molar-refractivity contribution in [2.75, 3.05) is 0 Å². The predicted octanol–water partition coefficient (Wildman–Crippen LogP) is 2.81. The van der Waals surface area contributed by atoms with Crippen molar-refractivity contribution in [3.8, 4) is 10.6 Å². The van der Waals surface area contributed by atoms with Gasteiger partial charge in [-0.2, -0.15) is 5.10 Å². The van der Waals surface area contributed by atoms with Crippen LogP contribution in [0.3, 0.4) is 0 Å². The van der Waals surface area contributed by atoms with E-state index in [2.05, 4.69) is 15.2 Å². The van der Waals surface area contributed by atoms with Crippen molar-refractivity contribution < 1.29 is 4.79 Å². The fourth-order valence-corrected chi connectivity index (χ4v) is 2.51. The zero-order chi connectivity index (χ0) is 11.8. The minimum absolute atomic E-state index is 0.440. The second-order valence-electron chi connectivity index (χ2n) is 3.76. The molecule has 84 valence electrons. The smallest absolute Gasteiger partial charge is 0.170 e. The lowest BCUT2D eigenvalue weighted by Crippen LogP contribution is -1.80. The summed E-state index contributed by atoms with van der Waals surface area (Å²) in [6, 6.07) is 5.84. The summed E-state index contributed by atoms with van der Waals surface area (Å²) in [5.74, 6) is 0. The number of carbonyl (C=O) groups is 1. The standard InChI is InChI=1S/C12H9N3OS/c1-7-5-13-12(17-7)8-2-3-10-9(4-8)11(6-16)15-14-10/h2-6H,1H3,(H,14,15). The number of aldehydes is 1. The van der Waals surface area contributed by atoms with Gasteiger partial charge >= 0.3 is 0 Å². The van der Waals surface area contributed by atoms with Crippen LogP contribution in [0, 0.1) is 6.92 Å². The number of aromatic nitrogens is 3. The molecule has 2 aromatic heterocycles. The molecule has 2 heterocycles.